The third kappa shape index (κ3) is 3.93. The van der Waals surface area contributed by atoms with Crippen molar-refractivity contribution in [2.45, 2.75) is 0 Å². The molecule has 3 heterocycles. The van der Waals surface area contributed by atoms with Gasteiger partial charge < -0.3 is 5.11 Å². The highest BCUT2D eigenvalue weighted by Gasteiger charge is 2.17. The van der Waals surface area contributed by atoms with Crippen molar-refractivity contribution in [1.82, 2.24) is 14.5 Å². The van der Waals surface area contributed by atoms with E-state index in [9.17, 15) is 5.11 Å². The third-order valence-corrected chi connectivity index (χ3v) is 7.93. The SMILES string of the molecule is Oc1ccc2ccccc2c1-c1cc(-c2ccccc2)cc(-c2cccc(-n3c4ccccc4c4cccnc43)c2)n1. The minimum absolute atomic E-state index is 0.211. The Hall–Kier alpha value is -5.74. The Bertz CT molecular complexity index is 2210. The predicted octanol–water partition coefficient (Wildman–Crippen LogP) is 9.43. The van der Waals surface area contributed by atoms with E-state index >= 15 is 0 Å². The van der Waals surface area contributed by atoms with Crippen LogP contribution in [0.3, 0.4) is 0 Å². The Morgan fingerprint density at radius 1 is 0.524 bits per heavy atom. The summed E-state index contributed by atoms with van der Waals surface area (Å²) < 4.78 is 2.21. The number of phenols is 1. The van der Waals surface area contributed by atoms with E-state index in [-0.39, 0.29) is 5.75 Å². The van der Waals surface area contributed by atoms with Gasteiger partial charge in [0.25, 0.3) is 0 Å². The van der Waals surface area contributed by atoms with Crippen LogP contribution in [0.2, 0.25) is 0 Å². The molecule has 0 aliphatic rings. The Balaban J connectivity index is 1.37. The van der Waals surface area contributed by atoms with Crippen molar-refractivity contribution in [3.63, 3.8) is 0 Å². The van der Waals surface area contributed by atoms with Crippen LogP contribution in [0.5, 0.6) is 5.75 Å². The molecule has 0 aliphatic heterocycles. The number of hydrogen-bond donors (Lipinski definition) is 1. The number of aromatic nitrogens is 3. The highest BCUT2D eigenvalue weighted by Crippen LogP contribution is 2.39. The fourth-order valence-electron chi connectivity index (χ4n) is 5.99. The molecule has 1 N–H and O–H groups in total. The van der Waals surface area contributed by atoms with E-state index in [0.717, 1.165) is 66.7 Å². The smallest absolute Gasteiger partial charge is 0.145 e. The first-order chi connectivity index (χ1) is 20.7. The van der Waals surface area contributed by atoms with Crippen LogP contribution in [0, 0.1) is 0 Å². The van der Waals surface area contributed by atoms with Gasteiger partial charge in [0.2, 0.25) is 0 Å². The van der Waals surface area contributed by atoms with Crippen LogP contribution >= 0.6 is 0 Å². The van der Waals surface area contributed by atoms with Crippen LogP contribution in [0.25, 0.3) is 72.0 Å². The van der Waals surface area contributed by atoms with Crippen LogP contribution in [0.15, 0.2) is 146 Å². The van der Waals surface area contributed by atoms with E-state index in [1.165, 1.54) is 5.39 Å². The molecule has 8 rings (SSSR count). The van der Waals surface area contributed by atoms with Gasteiger partial charge in [-0.2, -0.15) is 0 Å². The number of nitrogens with zero attached hydrogens (tertiary/aromatic N) is 3. The van der Waals surface area contributed by atoms with Gasteiger partial charge in [-0.25, -0.2) is 9.97 Å². The zero-order valence-electron chi connectivity index (χ0n) is 22.6. The average molecular weight is 540 g/mol. The fourth-order valence-corrected chi connectivity index (χ4v) is 5.99. The molecule has 8 aromatic rings. The van der Waals surface area contributed by atoms with Crippen molar-refractivity contribution in [3.05, 3.63) is 146 Å². The van der Waals surface area contributed by atoms with Gasteiger partial charge in [0.05, 0.1) is 16.9 Å². The largest absolute Gasteiger partial charge is 0.507 e. The lowest BCUT2D eigenvalue weighted by atomic mass is 9.96. The molecule has 4 nitrogen and oxygen atoms in total. The second-order valence-electron chi connectivity index (χ2n) is 10.5. The molecule has 4 heteroatoms. The van der Waals surface area contributed by atoms with Crippen LogP contribution in [-0.2, 0) is 0 Å². The molecule has 0 saturated carbocycles. The molecule has 0 aliphatic carbocycles. The zero-order chi connectivity index (χ0) is 28.0. The fraction of sp³-hybridized carbons (Fsp3) is 0. The van der Waals surface area contributed by atoms with E-state index in [1.54, 1.807) is 6.07 Å². The summed E-state index contributed by atoms with van der Waals surface area (Å²) in [6.07, 6.45) is 1.84. The van der Waals surface area contributed by atoms with Gasteiger partial charge in [-0.3, -0.25) is 4.57 Å². The van der Waals surface area contributed by atoms with Crippen molar-refractivity contribution in [2.75, 3.05) is 0 Å². The van der Waals surface area contributed by atoms with Crippen LogP contribution in [0.4, 0.5) is 0 Å². The summed E-state index contributed by atoms with van der Waals surface area (Å²) in [6.45, 7) is 0. The van der Waals surface area contributed by atoms with Gasteiger partial charge in [0.15, 0.2) is 0 Å². The summed E-state index contributed by atoms with van der Waals surface area (Å²) in [7, 11) is 0. The minimum atomic E-state index is 0.211. The van der Waals surface area contributed by atoms with E-state index in [0.29, 0.717) is 0 Å². The predicted molar refractivity (Wildman–Crippen MR) is 172 cm³/mol. The molecular weight excluding hydrogens is 514 g/mol. The lowest BCUT2D eigenvalue weighted by Crippen LogP contribution is -1.97. The molecule has 0 radical (unpaired) electrons. The number of pyridine rings is 2. The summed E-state index contributed by atoms with van der Waals surface area (Å²) in [5.41, 5.74) is 8.43. The summed E-state index contributed by atoms with van der Waals surface area (Å²) in [5, 5.41) is 15.4. The van der Waals surface area contributed by atoms with Gasteiger partial charge in [-0.1, -0.05) is 91.0 Å². The molecule has 0 atom stereocenters. The van der Waals surface area contributed by atoms with Gasteiger partial charge in [-0.15, -0.1) is 0 Å². The maximum absolute atomic E-state index is 11.1. The Morgan fingerprint density at radius 3 is 2.17 bits per heavy atom. The summed E-state index contributed by atoms with van der Waals surface area (Å²) in [4.78, 5) is 9.94. The standard InChI is InChI=1S/C38H25N3O/c42-36-20-19-26-12-4-5-15-30(26)37(36)34-24-28(25-10-2-1-3-11-25)23-33(40-34)27-13-8-14-29(22-27)41-35-18-7-6-16-31(35)32-17-9-21-39-38(32)41/h1-24,42H. The Morgan fingerprint density at radius 2 is 1.26 bits per heavy atom. The van der Waals surface area contributed by atoms with Crippen molar-refractivity contribution in [1.29, 1.82) is 0 Å². The summed E-state index contributed by atoms with van der Waals surface area (Å²) in [6, 6.07) is 47.3. The van der Waals surface area contributed by atoms with Gasteiger partial charge >= 0.3 is 0 Å². The third-order valence-electron chi connectivity index (χ3n) is 7.93. The van der Waals surface area contributed by atoms with E-state index < -0.39 is 0 Å². The molecule has 0 saturated heterocycles. The molecule has 198 valence electrons. The summed E-state index contributed by atoms with van der Waals surface area (Å²) in [5.74, 6) is 0.211. The van der Waals surface area contributed by atoms with Gasteiger partial charge in [-0.05, 0) is 70.4 Å². The van der Waals surface area contributed by atoms with Gasteiger partial charge in [0.1, 0.15) is 11.4 Å². The van der Waals surface area contributed by atoms with Crippen LogP contribution in [-0.4, -0.2) is 19.6 Å². The number of para-hydroxylation sites is 1. The molecule has 0 unspecified atom stereocenters. The molecule has 5 aromatic carbocycles. The summed E-state index contributed by atoms with van der Waals surface area (Å²) >= 11 is 0. The molecule has 0 bridgehead atoms. The van der Waals surface area contributed by atoms with Crippen molar-refractivity contribution < 1.29 is 5.11 Å². The lowest BCUT2D eigenvalue weighted by molar-refractivity contribution is 0.478. The highest BCUT2D eigenvalue weighted by molar-refractivity contribution is 6.08. The number of benzene rings is 5. The number of phenolic OH excluding ortho intramolecular Hbond substituents is 1. The van der Waals surface area contributed by atoms with Crippen LogP contribution in [0.1, 0.15) is 0 Å². The monoisotopic (exact) mass is 539 g/mol. The Labute approximate surface area is 242 Å². The van der Waals surface area contributed by atoms with E-state index in [2.05, 4.69) is 89.5 Å². The van der Waals surface area contributed by atoms with Gasteiger partial charge in [0, 0.05) is 33.8 Å². The molecule has 0 spiro atoms. The highest BCUT2D eigenvalue weighted by atomic mass is 16.3. The number of fused-ring (bicyclic) bond motifs is 4. The maximum Gasteiger partial charge on any atom is 0.145 e. The van der Waals surface area contributed by atoms with Crippen molar-refractivity contribution in [2.24, 2.45) is 0 Å². The number of rotatable bonds is 4. The maximum atomic E-state index is 11.1. The first-order valence-electron chi connectivity index (χ1n) is 14.0. The molecule has 0 amide bonds. The second-order valence-corrected chi connectivity index (χ2v) is 10.5. The lowest BCUT2D eigenvalue weighted by Gasteiger charge is -2.14. The van der Waals surface area contributed by atoms with E-state index in [1.807, 2.05) is 54.7 Å². The first kappa shape index (κ1) is 24.1. The number of aromatic hydroxyl groups is 1. The quantitative estimate of drug-likeness (QED) is 0.242. The normalized spacial score (nSPS) is 11.4. The molecule has 3 aromatic heterocycles. The molecular formula is C38H25N3O. The van der Waals surface area contributed by atoms with Crippen molar-refractivity contribution in [3.8, 4) is 45.1 Å². The van der Waals surface area contributed by atoms with Crippen LogP contribution < -0.4 is 0 Å². The Kier molecular flexibility index (Phi) is 5.57. The second kappa shape index (κ2) is 9.72. The first-order valence-corrected chi connectivity index (χ1v) is 14.0. The number of hydrogen-bond acceptors (Lipinski definition) is 3. The average Bonchev–Trinajstić information content (AvgIpc) is 3.39. The molecule has 0 fully saturated rings. The molecule has 42 heavy (non-hydrogen) atoms. The topological polar surface area (TPSA) is 50.9 Å². The van der Waals surface area contributed by atoms with E-state index in [4.69, 9.17) is 9.97 Å². The zero-order valence-corrected chi connectivity index (χ0v) is 22.6. The minimum Gasteiger partial charge on any atom is -0.507 e. The van der Waals surface area contributed by atoms with Crippen molar-refractivity contribution >= 4 is 32.7 Å².